The lowest BCUT2D eigenvalue weighted by molar-refractivity contribution is -0.139. The van der Waals surface area contributed by atoms with Crippen molar-refractivity contribution in [2.75, 3.05) is 24.2 Å². The molecule has 0 saturated carbocycles. The highest BCUT2D eigenvalue weighted by Crippen LogP contribution is 2.24. The number of carbonyl (C=O) groups is 2. The summed E-state index contributed by atoms with van der Waals surface area (Å²) in [4.78, 5) is 26.8. The van der Waals surface area contributed by atoms with E-state index in [1.165, 1.54) is 42.3 Å². The van der Waals surface area contributed by atoms with E-state index >= 15 is 0 Å². The molecule has 0 heterocycles. The number of halogens is 3. The summed E-state index contributed by atoms with van der Waals surface area (Å²) < 4.78 is 25.7. The molecule has 31 heavy (non-hydrogen) atoms. The molecule has 0 spiro atoms. The quantitative estimate of drug-likeness (QED) is 0.593. The second-order valence-electron chi connectivity index (χ2n) is 6.79. The van der Waals surface area contributed by atoms with E-state index in [-0.39, 0.29) is 12.2 Å². The third-order valence-corrected chi connectivity index (χ3v) is 6.54. The van der Waals surface area contributed by atoms with Crippen LogP contribution in [0.15, 0.2) is 42.5 Å². The van der Waals surface area contributed by atoms with Crippen molar-refractivity contribution in [3.63, 3.8) is 0 Å². The third kappa shape index (κ3) is 6.74. The molecule has 7 nitrogen and oxygen atoms in total. The van der Waals surface area contributed by atoms with Crippen LogP contribution >= 0.6 is 34.8 Å². The number of sulfonamides is 1. The Labute approximate surface area is 196 Å². The van der Waals surface area contributed by atoms with Crippen molar-refractivity contribution >= 4 is 62.3 Å². The van der Waals surface area contributed by atoms with Crippen LogP contribution in [0.4, 0.5) is 5.69 Å². The number of amides is 2. The van der Waals surface area contributed by atoms with Gasteiger partial charge in [-0.3, -0.25) is 13.9 Å². The summed E-state index contributed by atoms with van der Waals surface area (Å²) in [7, 11) is -2.35. The molecule has 0 saturated heterocycles. The maximum atomic E-state index is 13.2. The monoisotopic (exact) mass is 505 g/mol. The van der Waals surface area contributed by atoms with Gasteiger partial charge in [-0.05, 0) is 48.9 Å². The Bertz CT molecular complexity index is 1060. The molecule has 0 radical (unpaired) electrons. The maximum Gasteiger partial charge on any atom is 0.244 e. The number of likely N-dealkylation sites (N-methyl/N-ethyl adjacent to an activating group) is 1. The minimum absolute atomic E-state index is 0.0123. The Morgan fingerprint density at radius 2 is 1.61 bits per heavy atom. The van der Waals surface area contributed by atoms with Gasteiger partial charge in [-0.1, -0.05) is 40.9 Å². The van der Waals surface area contributed by atoms with Gasteiger partial charge >= 0.3 is 0 Å². The van der Waals surface area contributed by atoms with Crippen LogP contribution < -0.4 is 9.62 Å². The number of hydrogen-bond acceptors (Lipinski definition) is 4. The van der Waals surface area contributed by atoms with Crippen LogP contribution in [-0.4, -0.2) is 51.0 Å². The highest BCUT2D eigenvalue weighted by molar-refractivity contribution is 7.92. The molecule has 0 aliphatic rings. The van der Waals surface area contributed by atoms with Gasteiger partial charge in [0.2, 0.25) is 21.8 Å². The number of benzene rings is 2. The average Bonchev–Trinajstić information content (AvgIpc) is 2.70. The van der Waals surface area contributed by atoms with Crippen LogP contribution in [0, 0.1) is 0 Å². The van der Waals surface area contributed by atoms with Gasteiger partial charge < -0.3 is 10.2 Å². The fourth-order valence-corrected chi connectivity index (χ4v) is 4.29. The van der Waals surface area contributed by atoms with Gasteiger partial charge in [0.15, 0.2) is 0 Å². The average molecular weight is 507 g/mol. The molecule has 0 aliphatic heterocycles. The van der Waals surface area contributed by atoms with Gasteiger partial charge in [0.05, 0.1) is 11.9 Å². The van der Waals surface area contributed by atoms with Crippen LogP contribution in [0.1, 0.15) is 12.5 Å². The summed E-state index contributed by atoms with van der Waals surface area (Å²) in [5.41, 5.74) is 0.838. The molecule has 0 unspecified atom stereocenters. The van der Waals surface area contributed by atoms with Gasteiger partial charge in [0.1, 0.15) is 12.6 Å². The Balaban J connectivity index is 2.40. The smallest absolute Gasteiger partial charge is 0.244 e. The van der Waals surface area contributed by atoms with E-state index in [2.05, 4.69) is 5.32 Å². The van der Waals surface area contributed by atoms with E-state index in [0.717, 1.165) is 10.6 Å². The predicted octanol–water partition coefficient (Wildman–Crippen LogP) is 3.58. The topological polar surface area (TPSA) is 86.8 Å². The van der Waals surface area contributed by atoms with Crippen molar-refractivity contribution in [3.8, 4) is 0 Å². The van der Waals surface area contributed by atoms with Gasteiger partial charge in [-0.15, -0.1) is 0 Å². The number of anilines is 1. The maximum absolute atomic E-state index is 13.2. The normalized spacial score (nSPS) is 12.2. The highest BCUT2D eigenvalue weighted by atomic mass is 35.5. The molecular formula is C20H22Cl3N3O4S. The minimum atomic E-state index is -3.80. The third-order valence-electron chi connectivity index (χ3n) is 4.56. The summed E-state index contributed by atoms with van der Waals surface area (Å²) in [5, 5.41) is 3.68. The fourth-order valence-electron chi connectivity index (χ4n) is 2.85. The number of nitrogens with one attached hydrogen (secondary N) is 1. The van der Waals surface area contributed by atoms with Crippen LogP contribution in [0.3, 0.4) is 0 Å². The molecule has 168 valence electrons. The molecule has 11 heteroatoms. The molecule has 2 rings (SSSR count). The Hall–Kier alpha value is -2.00. The van der Waals surface area contributed by atoms with E-state index in [1.807, 2.05) is 0 Å². The Morgan fingerprint density at radius 3 is 2.13 bits per heavy atom. The molecular weight excluding hydrogens is 485 g/mol. The number of hydrogen-bond donors (Lipinski definition) is 1. The van der Waals surface area contributed by atoms with E-state index < -0.39 is 34.4 Å². The lowest BCUT2D eigenvalue weighted by Crippen LogP contribution is -2.50. The van der Waals surface area contributed by atoms with Crippen molar-refractivity contribution in [2.24, 2.45) is 0 Å². The second kappa shape index (κ2) is 10.5. The standard InChI is InChI=1S/C20H22Cl3N3O4S/c1-13(20(28)24-2)25(11-14-4-5-16(22)10-18(14)23)19(27)12-26(31(3,29)30)17-8-6-15(21)7-9-17/h4-10,13H,11-12H2,1-3H3,(H,24,28)/t13-/m0/s1. The first-order valence-electron chi connectivity index (χ1n) is 9.12. The second-order valence-corrected chi connectivity index (χ2v) is 9.98. The summed E-state index contributed by atoms with van der Waals surface area (Å²) in [6, 6.07) is 9.97. The number of carbonyl (C=O) groups excluding carboxylic acids is 2. The van der Waals surface area contributed by atoms with Gasteiger partial charge in [-0.2, -0.15) is 0 Å². The van der Waals surface area contributed by atoms with Crippen molar-refractivity contribution < 1.29 is 18.0 Å². The highest BCUT2D eigenvalue weighted by Gasteiger charge is 2.30. The first kappa shape index (κ1) is 25.3. The zero-order valence-corrected chi connectivity index (χ0v) is 20.2. The summed E-state index contributed by atoms with van der Waals surface area (Å²) in [6.07, 6.45) is 0.997. The number of rotatable bonds is 8. The van der Waals surface area contributed by atoms with E-state index in [1.54, 1.807) is 19.1 Å². The first-order chi connectivity index (χ1) is 14.4. The molecule has 2 amide bonds. The van der Waals surface area contributed by atoms with E-state index in [0.29, 0.717) is 20.6 Å². The zero-order chi connectivity index (χ0) is 23.3. The Morgan fingerprint density at radius 1 is 1.03 bits per heavy atom. The Kier molecular flexibility index (Phi) is 8.59. The summed E-state index contributed by atoms with van der Waals surface area (Å²) in [5.74, 6) is -0.988. The number of nitrogens with zero attached hydrogens (tertiary/aromatic N) is 2. The van der Waals surface area contributed by atoms with Gasteiger partial charge in [0, 0.05) is 28.7 Å². The van der Waals surface area contributed by atoms with E-state index in [9.17, 15) is 18.0 Å². The summed E-state index contributed by atoms with van der Waals surface area (Å²) >= 11 is 18.1. The molecule has 0 bridgehead atoms. The zero-order valence-electron chi connectivity index (χ0n) is 17.1. The van der Waals surface area contributed by atoms with Crippen LogP contribution in [0.5, 0.6) is 0 Å². The van der Waals surface area contributed by atoms with Crippen LogP contribution in [0.25, 0.3) is 0 Å². The largest absolute Gasteiger partial charge is 0.357 e. The SMILES string of the molecule is CNC(=O)[C@H](C)N(Cc1ccc(Cl)cc1Cl)C(=O)CN(c1ccc(Cl)cc1)S(C)(=O)=O. The minimum Gasteiger partial charge on any atom is -0.357 e. The molecule has 2 aromatic rings. The molecule has 0 aliphatic carbocycles. The molecule has 0 fully saturated rings. The first-order valence-corrected chi connectivity index (χ1v) is 12.1. The fraction of sp³-hybridized carbons (Fsp3) is 0.300. The lowest BCUT2D eigenvalue weighted by atomic mass is 10.1. The van der Waals surface area contributed by atoms with Crippen molar-refractivity contribution in [1.29, 1.82) is 0 Å². The van der Waals surface area contributed by atoms with Crippen LogP contribution in [0.2, 0.25) is 15.1 Å². The summed E-state index contributed by atoms with van der Waals surface area (Å²) in [6.45, 7) is 1.03. The van der Waals surface area contributed by atoms with Crippen molar-refractivity contribution in [2.45, 2.75) is 19.5 Å². The van der Waals surface area contributed by atoms with E-state index in [4.69, 9.17) is 34.8 Å². The van der Waals surface area contributed by atoms with Gasteiger partial charge in [-0.25, -0.2) is 8.42 Å². The van der Waals surface area contributed by atoms with Crippen LogP contribution in [-0.2, 0) is 26.2 Å². The predicted molar refractivity (Wildman–Crippen MR) is 124 cm³/mol. The van der Waals surface area contributed by atoms with Crippen molar-refractivity contribution in [3.05, 3.63) is 63.1 Å². The molecule has 0 aromatic heterocycles. The van der Waals surface area contributed by atoms with Crippen molar-refractivity contribution in [1.82, 2.24) is 10.2 Å². The van der Waals surface area contributed by atoms with Gasteiger partial charge in [0.25, 0.3) is 0 Å². The molecule has 1 atom stereocenters. The lowest BCUT2D eigenvalue weighted by Gasteiger charge is -2.31. The molecule has 1 N–H and O–H groups in total. The molecule has 2 aromatic carbocycles.